The molecule has 1 fully saturated rings. The van der Waals surface area contributed by atoms with E-state index < -0.39 is 10.9 Å². The van der Waals surface area contributed by atoms with Crippen molar-refractivity contribution in [3.63, 3.8) is 0 Å². The highest BCUT2D eigenvalue weighted by molar-refractivity contribution is 5.89. The molecule has 0 aromatic heterocycles. The Morgan fingerprint density at radius 2 is 1.90 bits per heavy atom. The standard InChI is InChI=1S/C15H20N2O4/c18-15(12-6-8-14(9-7-12)17(19)20)21-11-10-16-13-4-2-1-3-5-13/h6-9,13,16H,1-5,10-11H2. The van der Waals surface area contributed by atoms with Gasteiger partial charge in [0.1, 0.15) is 6.61 Å². The van der Waals surface area contributed by atoms with Crippen molar-refractivity contribution in [3.8, 4) is 0 Å². The molecule has 21 heavy (non-hydrogen) atoms. The monoisotopic (exact) mass is 292 g/mol. The molecule has 1 saturated carbocycles. The first-order chi connectivity index (χ1) is 10.2. The fourth-order valence-corrected chi connectivity index (χ4v) is 2.52. The lowest BCUT2D eigenvalue weighted by atomic mass is 9.96. The van der Waals surface area contributed by atoms with E-state index in [1.54, 1.807) is 0 Å². The minimum atomic E-state index is -0.497. The Morgan fingerprint density at radius 1 is 1.24 bits per heavy atom. The second kappa shape index (κ2) is 7.73. The zero-order valence-electron chi connectivity index (χ0n) is 11.9. The number of hydrogen-bond donors (Lipinski definition) is 1. The maximum Gasteiger partial charge on any atom is 0.338 e. The molecule has 0 heterocycles. The molecule has 0 radical (unpaired) electrons. The molecule has 0 aliphatic heterocycles. The van der Waals surface area contributed by atoms with Crippen molar-refractivity contribution >= 4 is 11.7 Å². The van der Waals surface area contributed by atoms with Crippen LogP contribution in [-0.4, -0.2) is 30.1 Å². The van der Waals surface area contributed by atoms with Gasteiger partial charge in [-0.25, -0.2) is 4.79 Å². The van der Waals surface area contributed by atoms with Crippen LogP contribution < -0.4 is 5.32 Å². The number of carbonyl (C=O) groups is 1. The molecule has 0 amide bonds. The van der Waals surface area contributed by atoms with Crippen molar-refractivity contribution in [2.75, 3.05) is 13.2 Å². The van der Waals surface area contributed by atoms with Crippen molar-refractivity contribution in [1.82, 2.24) is 5.32 Å². The number of benzene rings is 1. The van der Waals surface area contributed by atoms with E-state index in [4.69, 9.17) is 4.74 Å². The quantitative estimate of drug-likeness (QED) is 0.377. The van der Waals surface area contributed by atoms with Crippen LogP contribution in [0.15, 0.2) is 24.3 Å². The summed E-state index contributed by atoms with van der Waals surface area (Å²) in [5.74, 6) is -0.449. The number of ether oxygens (including phenoxy) is 1. The van der Waals surface area contributed by atoms with Gasteiger partial charge < -0.3 is 10.1 Å². The minimum absolute atomic E-state index is 0.0366. The number of carbonyl (C=O) groups excluding carboxylic acids is 1. The first-order valence-corrected chi connectivity index (χ1v) is 7.32. The van der Waals surface area contributed by atoms with E-state index in [0.29, 0.717) is 24.8 Å². The third kappa shape index (κ3) is 4.82. The largest absolute Gasteiger partial charge is 0.461 e. The molecule has 0 spiro atoms. The molecule has 1 aliphatic rings. The summed E-state index contributed by atoms with van der Waals surface area (Å²) >= 11 is 0. The van der Waals surface area contributed by atoms with E-state index in [1.165, 1.54) is 56.4 Å². The minimum Gasteiger partial charge on any atom is -0.461 e. The summed E-state index contributed by atoms with van der Waals surface area (Å²) in [7, 11) is 0. The summed E-state index contributed by atoms with van der Waals surface area (Å²) in [4.78, 5) is 21.8. The third-order valence-corrected chi connectivity index (χ3v) is 3.69. The maximum atomic E-state index is 11.8. The fraction of sp³-hybridized carbons (Fsp3) is 0.533. The van der Waals surface area contributed by atoms with Crippen molar-refractivity contribution in [2.45, 2.75) is 38.1 Å². The van der Waals surface area contributed by atoms with Gasteiger partial charge in [-0.1, -0.05) is 19.3 Å². The average molecular weight is 292 g/mol. The number of hydrogen-bond acceptors (Lipinski definition) is 5. The number of nitro benzene ring substituents is 1. The number of rotatable bonds is 6. The Morgan fingerprint density at radius 3 is 2.52 bits per heavy atom. The second-order valence-corrected chi connectivity index (χ2v) is 5.23. The van der Waals surface area contributed by atoms with Crippen molar-refractivity contribution in [1.29, 1.82) is 0 Å². The predicted molar refractivity (Wildman–Crippen MR) is 78.3 cm³/mol. The molecule has 1 N–H and O–H groups in total. The van der Waals surface area contributed by atoms with E-state index in [2.05, 4.69) is 5.32 Å². The molecule has 0 bridgehead atoms. The summed E-state index contributed by atoms with van der Waals surface area (Å²) in [6, 6.07) is 5.97. The SMILES string of the molecule is O=C(OCCNC1CCCCC1)c1ccc([N+](=O)[O-])cc1. The Bertz CT molecular complexity index is 481. The predicted octanol–water partition coefficient (Wildman–Crippen LogP) is 2.67. The van der Waals surface area contributed by atoms with Gasteiger partial charge in [-0.05, 0) is 25.0 Å². The molecular weight excluding hydrogens is 272 g/mol. The molecule has 1 aromatic carbocycles. The van der Waals surface area contributed by atoms with Gasteiger partial charge in [0.05, 0.1) is 10.5 Å². The average Bonchev–Trinajstić information content (AvgIpc) is 2.52. The highest BCUT2D eigenvalue weighted by atomic mass is 16.6. The van der Waals surface area contributed by atoms with Gasteiger partial charge in [0.25, 0.3) is 5.69 Å². The molecule has 0 atom stereocenters. The van der Waals surface area contributed by atoms with E-state index in [9.17, 15) is 14.9 Å². The van der Waals surface area contributed by atoms with Gasteiger partial charge >= 0.3 is 5.97 Å². The molecular formula is C15H20N2O4. The summed E-state index contributed by atoms with van der Waals surface area (Å²) in [5.41, 5.74) is 0.295. The normalized spacial score (nSPS) is 15.6. The topological polar surface area (TPSA) is 81.5 Å². The summed E-state index contributed by atoms with van der Waals surface area (Å²) in [5, 5.41) is 13.9. The van der Waals surface area contributed by atoms with E-state index in [0.717, 1.165) is 0 Å². The molecule has 1 aliphatic carbocycles. The molecule has 6 heteroatoms. The second-order valence-electron chi connectivity index (χ2n) is 5.23. The van der Waals surface area contributed by atoms with Crippen molar-refractivity contribution in [2.24, 2.45) is 0 Å². The summed E-state index contributed by atoms with van der Waals surface area (Å²) in [6.07, 6.45) is 6.22. The Balaban J connectivity index is 1.70. The number of non-ortho nitro benzene ring substituents is 1. The Hall–Kier alpha value is -1.95. The maximum absolute atomic E-state index is 11.8. The molecule has 2 rings (SSSR count). The molecule has 0 saturated heterocycles. The van der Waals surface area contributed by atoms with Gasteiger partial charge in [-0.2, -0.15) is 0 Å². The van der Waals surface area contributed by atoms with Crippen LogP contribution in [-0.2, 0) is 4.74 Å². The fourth-order valence-electron chi connectivity index (χ4n) is 2.52. The van der Waals surface area contributed by atoms with E-state index >= 15 is 0 Å². The van der Waals surface area contributed by atoms with Crippen LogP contribution in [0.5, 0.6) is 0 Å². The van der Waals surface area contributed by atoms with Gasteiger partial charge in [-0.15, -0.1) is 0 Å². The summed E-state index contributed by atoms with van der Waals surface area (Å²) in [6.45, 7) is 0.954. The van der Waals surface area contributed by atoms with Crippen LogP contribution in [0, 0.1) is 10.1 Å². The van der Waals surface area contributed by atoms with Crippen LogP contribution >= 0.6 is 0 Å². The lowest BCUT2D eigenvalue weighted by Gasteiger charge is -2.22. The highest BCUT2D eigenvalue weighted by Crippen LogP contribution is 2.17. The lowest BCUT2D eigenvalue weighted by molar-refractivity contribution is -0.384. The van der Waals surface area contributed by atoms with Gasteiger partial charge in [0, 0.05) is 24.7 Å². The molecule has 6 nitrogen and oxygen atoms in total. The lowest BCUT2D eigenvalue weighted by Crippen LogP contribution is -2.33. The third-order valence-electron chi connectivity index (χ3n) is 3.69. The Labute approximate surface area is 123 Å². The van der Waals surface area contributed by atoms with Crippen LogP contribution in [0.2, 0.25) is 0 Å². The number of nitrogens with zero attached hydrogens (tertiary/aromatic N) is 1. The summed E-state index contributed by atoms with van der Waals surface area (Å²) < 4.78 is 5.15. The number of esters is 1. The van der Waals surface area contributed by atoms with Crippen LogP contribution in [0.3, 0.4) is 0 Å². The number of nitrogens with one attached hydrogen (secondary N) is 1. The van der Waals surface area contributed by atoms with Crippen LogP contribution in [0.1, 0.15) is 42.5 Å². The number of nitro groups is 1. The molecule has 0 unspecified atom stereocenters. The van der Waals surface area contributed by atoms with Crippen molar-refractivity contribution < 1.29 is 14.5 Å². The van der Waals surface area contributed by atoms with Crippen LogP contribution in [0.4, 0.5) is 5.69 Å². The smallest absolute Gasteiger partial charge is 0.338 e. The first-order valence-electron chi connectivity index (χ1n) is 7.32. The van der Waals surface area contributed by atoms with Gasteiger partial charge in [0.2, 0.25) is 0 Å². The van der Waals surface area contributed by atoms with Gasteiger partial charge in [-0.3, -0.25) is 10.1 Å². The Kier molecular flexibility index (Phi) is 5.68. The van der Waals surface area contributed by atoms with Crippen molar-refractivity contribution in [3.05, 3.63) is 39.9 Å². The zero-order valence-corrected chi connectivity index (χ0v) is 11.9. The van der Waals surface area contributed by atoms with E-state index in [-0.39, 0.29) is 5.69 Å². The van der Waals surface area contributed by atoms with Gasteiger partial charge in [0.15, 0.2) is 0 Å². The highest BCUT2D eigenvalue weighted by Gasteiger charge is 2.13. The molecule has 114 valence electrons. The first kappa shape index (κ1) is 15.4. The van der Waals surface area contributed by atoms with E-state index in [1.807, 2.05) is 0 Å². The van der Waals surface area contributed by atoms with Crippen LogP contribution in [0.25, 0.3) is 0 Å². The molecule has 1 aromatic rings. The zero-order chi connectivity index (χ0) is 15.1.